The maximum Gasteiger partial charge on any atom is 0.115 e. The maximum absolute atomic E-state index is 9.65. The largest absolute Gasteiger partial charge is 0.508 e. The van der Waals surface area contributed by atoms with Crippen molar-refractivity contribution in [3.05, 3.63) is 64.0 Å². The lowest BCUT2D eigenvalue weighted by molar-refractivity contribution is -0.127. The molecule has 1 aromatic carbocycles. The average Bonchev–Trinajstić information content (AvgIpc) is 3.00. The van der Waals surface area contributed by atoms with Crippen LogP contribution in [-0.4, -0.2) is 77.9 Å². The van der Waals surface area contributed by atoms with E-state index in [0.29, 0.717) is 5.75 Å². The first kappa shape index (κ1) is 26.5. The van der Waals surface area contributed by atoms with Crippen LogP contribution in [0.2, 0.25) is 0 Å². The number of hydrogen-bond donors (Lipinski definition) is 1. The highest BCUT2D eigenvalue weighted by Crippen LogP contribution is 2.13. The fourth-order valence-electron chi connectivity index (χ4n) is 5.33. The van der Waals surface area contributed by atoms with E-state index in [1.165, 1.54) is 46.7 Å². The Hall–Kier alpha value is -2.54. The SMILES string of the molecule is Cc1c(CC=CON2CCN(CCc3cccc(O)c3)CC2)c2c(n1CCCN(C)C)=CCCCC=2. The number of hydroxylamine groups is 2. The molecule has 6 heteroatoms. The first-order chi connectivity index (χ1) is 17.5. The van der Waals surface area contributed by atoms with Crippen LogP contribution in [0.15, 0.2) is 36.6 Å². The molecular weight excluding hydrogens is 448 g/mol. The zero-order valence-electron chi connectivity index (χ0n) is 22.5. The quantitative estimate of drug-likeness (QED) is 0.489. The Morgan fingerprint density at radius 2 is 1.86 bits per heavy atom. The molecule has 1 saturated heterocycles. The predicted octanol–water partition coefficient (Wildman–Crippen LogP) is 3.05. The first-order valence-corrected chi connectivity index (χ1v) is 13.6. The summed E-state index contributed by atoms with van der Waals surface area (Å²) in [6, 6.07) is 7.58. The lowest BCUT2D eigenvalue weighted by atomic mass is 10.1. The molecule has 0 spiro atoms. The Morgan fingerprint density at radius 1 is 1.06 bits per heavy atom. The van der Waals surface area contributed by atoms with Gasteiger partial charge >= 0.3 is 0 Å². The third-order valence-electron chi connectivity index (χ3n) is 7.40. The van der Waals surface area contributed by atoms with Crippen LogP contribution in [0.1, 0.15) is 42.5 Å². The van der Waals surface area contributed by atoms with E-state index < -0.39 is 0 Å². The van der Waals surface area contributed by atoms with E-state index in [2.05, 4.69) is 64.7 Å². The van der Waals surface area contributed by atoms with Crippen molar-refractivity contribution >= 4 is 12.2 Å². The molecule has 2 heterocycles. The van der Waals surface area contributed by atoms with E-state index in [-0.39, 0.29) is 0 Å². The van der Waals surface area contributed by atoms with Gasteiger partial charge in [-0.1, -0.05) is 24.3 Å². The Kier molecular flexibility index (Phi) is 9.67. The molecule has 0 bridgehead atoms. The summed E-state index contributed by atoms with van der Waals surface area (Å²) in [5.74, 6) is 0.348. The van der Waals surface area contributed by atoms with E-state index >= 15 is 0 Å². The molecule has 6 nitrogen and oxygen atoms in total. The highest BCUT2D eigenvalue weighted by atomic mass is 16.7. The van der Waals surface area contributed by atoms with Gasteiger partial charge in [-0.15, -0.1) is 5.06 Å². The highest BCUT2D eigenvalue weighted by Gasteiger charge is 2.17. The molecule has 0 amide bonds. The average molecular weight is 493 g/mol. The zero-order chi connectivity index (χ0) is 25.3. The fourth-order valence-corrected chi connectivity index (χ4v) is 5.33. The van der Waals surface area contributed by atoms with Crippen LogP contribution in [0.4, 0.5) is 0 Å². The summed E-state index contributed by atoms with van der Waals surface area (Å²) in [5.41, 5.74) is 4.04. The molecule has 4 rings (SSSR count). The molecule has 1 aliphatic carbocycles. The number of rotatable bonds is 11. The second-order valence-corrected chi connectivity index (χ2v) is 10.4. The van der Waals surface area contributed by atoms with Crippen LogP contribution < -0.4 is 10.6 Å². The Labute approximate surface area is 216 Å². The fraction of sp³-hybridized carbons (Fsp3) is 0.533. The molecule has 0 radical (unpaired) electrons. The predicted molar refractivity (Wildman–Crippen MR) is 148 cm³/mol. The van der Waals surface area contributed by atoms with Crippen molar-refractivity contribution in [2.45, 2.75) is 52.0 Å². The summed E-state index contributed by atoms with van der Waals surface area (Å²) in [4.78, 5) is 10.7. The van der Waals surface area contributed by atoms with Gasteiger partial charge in [-0.25, -0.2) is 0 Å². The van der Waals surface area contributed by atoms with Crippen LogP contribution in [-0.2, 0) is 24.2 Å². The Morgan fingerprint density at radius 3 is 2.64 bits per heavy atom. The summed E-state index contributed by atoms with van der Waals surface area (Å²) in [7, 11) is 4.30. The maximum atomic E-state index is 9.65. The van der Waals surface area contributed by atoms with Crippen molar-refractivity contribution in [1.82, 2.24) is 19.4 Å². The number of benzene rings is 1. The standard InChI is InChI=1S/C30H44N4O2/c1-25-28(29-12-5-4-6-14-30(29)34(25)17-9-16-31(2)3)13-8-23-36-33-21-19-32(20-22-33)18-15-26-10-7-11-27(35)24-26/h7-8,10-12,14,23-24,35H,4-6,9,13,15-22H2,1-3H3. The summed E-state index contributed by atoms with van der Waals surface area (Å²) < 4.78 is 2.54. The molecule has 0 saturated carbocycles. The van der Waals surface area contributed by atoms with Crippen LogP contribution in [0.5, 0.6) is 5.75 Å². The minimum Gasteiger partial charge on any atom is -0.508 e. The van der Waals surface area contributed by atoms with Crippen molar-refractivity contribution < 1.29 is 9.94 Å². The number of phenolic OH excluding ortho intramolecular Hbond substituents is 1. The Balaban J connectivity index is 1.28. The van der Waals surface area contributed by atoms with E-state index in [0.717, 1.165) is 65.1 Å². The Bertz CT molecular complexity index is 1130. The van der Waals surface area contributed by atoms with Gasteiger partial charge in [-0.2, -0.15) is 0 Å². The lowest BCUT2D eigenvalue weighted by Crippen LogP contribution is -2.46. The van der Waals surface area contributed by atoms with Crippen molar-refractivity contribution in [2.75, 3.05) is 53.4 Å². The summed E-state index contributed by atoms with van der Waals surface area (Å²) in [6.07, 6.45) is 15.6. The number of phenols is 1. The third kappa shape index (κ3) is 7.25. The van der Waals surface area contributed by atoms with E-state index in [9.17, 15) is 5.11 Å². The topological polar surface area (TPSA) is 44.1 Å². The van der Waals surface area contributed by atoms with Crippen molar-refractivity contribution in [1.29, 1.82) is 0 Å². The minimum atomic E-state index is 0.348. The molecule has 1 N–H and O–H groups in total. The summed E-state index contributed by atoms with van der Waals surface area (Å²) in [6.45, 7) is 9.30. The number of aromatic hydroxyl groups is 1. The normalized spacial score (nSPS) is 17.1. The van der Waals surface area contributed by atoms with Crippen molar-refractivity contribution in [3.8, 4) is 5.75 Å². The van der Waals surface area contributed by atoms with Gasteiger partial charge in [0.05, 0.1) is 0 Å². The lowest BCUT2D eigenvalue weighted by Gasteiger charge is -2.33. The van der Waals surface area contributed by atoms with E-state index in [1.54, 1.807) is 6.07 Å². The van der Waals surface area contributed by atoms with Gasteiger partial charge < -0.3 is 24.3 Å². The zero-order valence-corrected chi connectivity index (χ0v) is 22.5. The van der Waals surface area contributed by atoms with Crippen molar-refractivity contribution in [2.24, 2.45) is 0 Å². The molecule has 1 aromatic heterocycles. The number of fused-ring (bicyclic) bond motifs is 1. The number of piperazine rings is 1. The molecule has 2 aromatic rings. The van der Waals surface area contributed by atoms with E-state index in [4.69, 9.17) is 4.84 Å². The van der Waals surface area contributed by atoms with Gasteiger partial charge in [-0.3, -0.25) is 0 Å². The van der Waals surface area contributed by atoms with Gasteiger partial charge in [-0.05, 0) is 101 Å². The molecule has 1 fully saturated rings. The van der Waals surface area contributed by atoms with Gasteiger partial charge in [0.15, 0.2) is 0 Å². The van der Waals surface area contributed by atoms with Crippen LogP contribution >= 0.6 is 0 Å². The van der Waals surface area contributed by atoms with Crippen LogP contribution in [0, 0.1) is 6.92 Å². The molecule has 196 valence electrons. The summed E-state index contributed by atoms with van der Waals surface area (Å²) in [5, 5.41) is 14.6. The van der Waals surface area contributed by atoms with Gasteiger partial charge in [0.25, 0.3) is 0 Å². The molecule has 2 aliphatic rings. The van der Waals surface area contributed by atoms with Gasteiger partial charge in [0.1, 0.15) is 12.0 Å². The smallest absolute Gasteiger partial charge is 0.115 e. The van der Waals surface area contributed by atoms with Gasteiger partial charge in [0, 0.05) is 50.3 Å². The van der Waals surface area contributed by atoms with Gasteiger partial charge in [0.2, 0.25) is 0 Å². The van der Waals surface area contributed by atoms with Crippen LogP contribution in [0.25, 0.3) is 12.2 Å². The number of allylic oxidation sites excluding steroid dienone is 1. The summed E-state index contributed by atoms with van der Waals surface area (Å²) >= 11 is 0. The van der Waals surface area contributed by atoms with E-state index in [1.807, 2.05) is 18.4 Å². The third-order valence-corrected chi connectivity index (χ3v) is 7.40. The van der Waals surface area contributed by atoms with Crippen LogP contribution in [0.3, 0.4) is 0 Å². The monoisotopic (exact) mass is 492 g/mol. The molecule has 0 atom stereocenters. The molecule has 1 aliphatic heterocycles. The molecule has 36 heavy (non-hydrogen) atoms. The second-order valence-electron chi connectivity index (χ2n) is 10.4. The first-order valence-electron chi connectivity index (χ1n) is 13.6. The van der Waals surface area contributed by atoms with Crippen molar-refractivity contribution in [3.63, 3.8) is 0 Å². The highest BCUT2D eigenvalue weighted by molar-refractivity contribution is 5.41. The molecule has 0 unspecified atom stereocenters. The number of hydrogen-bond acceptors (Lipinski definition) is 5. The minimum absolute atomic E-state index is 0.348. The second kappa shape index (κ2) is 13.1. The number of aromatic nitrogens is 1. The molecular formula is C30H44N4O2. The number of nitrogens with zero attached hydrogens (tertiary/aromatic N) is 4.